The molecule has 0 bridgehead atoms. The summed E-state index contributed by atoms with van der Waals surface area (Å²) >= 11 is 0. The van der Waals surface area contributed by atoms with E-state index in [1.54, 1.807) is 13.2 Å². The van der Waals surface area contributed by atoms with E-state index < -0.39 is 0 Å². The SMILES string of the molecule is Cn1cc(C(=O)N2CCN(c3ccc4ncnc(OC5CCOC5)c4c3)CC2)nn1. The van der Waals surface area contributed by atoms with Crippen molar-refractivity contribution in [1.82, 2.24) is 29.9 Å². The number of benzene rings is 1. The summed E-state index contributed by atoms with van der Waals surface area (Å²) in [4.78, 5) is 25.4. The number of fused-ring (bicyclic) bond motifs is 1. The number of nitrogens with zero attached hydrogens (tertiary/aromatic N) is 7. The third kappa shape index (κ3) is 3.65. The highest BCUT2D eigenvalue weighted by Gasteiger charge is 2.25. The maximum absolute atomic E-state index is 12.6. The minimum absolute atomic E-state index is 0.0300. The van der Waals surface area contributed by atoms with Gasteiger partial charge in [0.2, 0.25) is 5.88 Å². The zero-order valence-corrected chi connectivity index (χ0v) is 16.8. The normalized spacial score (nSPS) is 19.4. The van der Waals surface area contributed by atoms with Crippen molar-refractivity contribution >= 4 is 22.5 Å². The largest absolute Gasteiger partial charge is 0.471 e. The van der Waals surface area contributed by atoms with Gasteiger partial charge in [0.15, 0.2) is 5.69 Å². The molecule has 0 N–H and O–H groups in total. The number of amides is 1. The predicted octanol–water partition coefficient (Wildman–Crippen LogP) is 0.888. The standard InChI is InChI=1S/C20H23N7O3/c1-25-11-18(23-24-25)20(28)27-7-5-26(6-8-27)14-2-3-17-16(10-14)19(22-13-21-17)30-15-4-9-29-12-15/h2-3,10-11,13,15H,4-9,12H2,1H3. The number of anilines is 1. The Bertz CT molecular complexity index is 1060. The lowest BCUT2D eigenvalue weighted by molar-refractivity contribution is 0.0740. The van der Waals surface area contributed by atoms with Crippen LogP contribution >= 0.6 is 0 Å². The Morgan fingerprint density at radius 2 is 2.07 bits per heavy atom. The van der Waals surface area contributed by atoms with Crippen LogP contribution in [0.15, 0.2) is 30.7 Å². The van der Waals surface area contributed by atoms with E-state index in [1.807, 2.05) is 11.0 Å². The molecule has 0 aliphatic carbocycles. The van der Waals surface area contributed by atoms with Crippen LogP contribution in [0.3, 0.4) is 0 Å². The monoisotopic (exact) mass is 409 g/mol. The van der Waals surface area contributed by atoms with Gasteiger partial charge in [-0.1, -0.05) is 5.21 Å². The Balaban J connectivity index is 1.31. The minimum atomic E-state index is -0.0795. The minimum Gasteiger partial charge on any atom is -0.471 e. The summed E-state index contributed by atoms with van der Waals surface area (Å²) in [7, 11) is 1.75. The Labute approximate surface area is 173 Å². The number of rotatable bonds is 4. The molecule has 10 nitrogen and oxygen atoms in total. The van der Waals surface area contributed by atoms with E-state index in [9.17, 15) is 4.79 Å². The molecule has 1 atom stereocenters. The molecule has 2 aromatic heterocycles. The fourth-order valence-corrected chi connectivity index (χ4v) is 3.85. The summed E-state index contributed by atoms with van der Waals surface area (Å²) in [6.07, 6.45) is 4.08. The van der Waals surface area contributed by atoms with Crippen molar-refractivity contribution in [2.75, 3.05) is 44.3 Å². The molecule has 2 saturated heterocycles. The van der Waals surface area contributed by atoms with E-state index in [0.717, 1.165) is 42.7 Å². The molecule has 4 heterocycles. The lowest BCUT2D eigenvalue weighted by Crippen LogP contribution is -2.48. The van der Waals surface area contributed by atoms with Crippen LogP contribution in [0.1, 0.15) is 16.9 Å². The number of carbonyl (C=O) groups is 1. The highest BCUT2D eigenvalue weighted by atomic mass is 16.5. The molecule has 1 unspecified atom stereocenters. The van der Waals surface area contributed by atoms with Crippen LogP contribution in [-0.4, -0.2) is 81.3 Å². The van der Waals surface area contributed by atoms with Crippen LogP contribution in [0.25, 0.3) is 10.9 Å². The van der Waals surface area contributed by atoms with Crippen molar-refractivity contribution in [3.63, 3.8) is 0 Å². The van der Waals surface area contributed by atoms with Crippen LogP contribution in [0, 0.1) is 0 Å². The molecule has 0 saturated carbocycles. The van der Waals surface area contributed by atoms with Gasteiger partial charge in [0, 0.05) is 45.3 Å². The number of carbonyl (C=O) groups excluding carboxylic acids is 1. The summed E-state index contributed by atoms with van der Waals surface area (Å²) < 4.78 is 13.0. The molecule has 156 valence electrons. The molecule has 30 heavy (non-hydrogen) atoms. The Morgan fingerprint density at radius 1 is 1.20 bits per heavy atom. The first-order chi connectivity index (χ1) is 14.7. The van der Waals surface area contributed by atoms with Gasteiger partial charge in [-0.15, -0.1) is 5.10 Å². The predicted molar refractivity (Wildman–Crippen MR) is 109 cm³/mol. The van der Waals surface area contributed by atoms with E-state index in [-0.39, 0.29) is 12.0 Å². The maximum Gasteiger partial charge on any atom is 0.276 e. The van der Waals surface area contributed by atoms with Crippen LogP contribution in [0.4, 0.5) is 5.69 Å². The first-order valence-corrected chi connectivity index (χ1v) is 10.1. The molecule has 3 aromatic rings. The van der Waals surface area contributed by atoms with Crippen LogP contribution in [-0.2, 0) is 11.8 Å². The van der Waals surface area contributed by atoms with Gasteiger partial charge in [-0.2, -0.15) is 0 Å². The number of piperazine rings is 1. The van der Waals surface area contributed by atoms with E-state index in [4.69, 9.17) is 9.47 Å². The summed E-state index contributed by atoms with van der Waals surface area (Å²) in [5, 5.41) is 8.66. The molecule has 2 fully saturated rings. The van der Waals surface area contributed by atoms with Gasteiger partial charge in [0.05, 0.1) is 30.3 Å². The highest BCUT2D eigenvalue weighted by molar-refractivity contribution is 5.92. The fraction of sp³-hybridized carbons (Fsp3) is 0.450. The van der Waals surface area contributed by atoms with Gasteiger partial charge in [-0.05, 0) is 18.2 Å². The van der Waals surface area contributed by atoms with Crippen molar-refractivity contribution in [2.24, 2.45) is 7.05 Å². The third-order valence-electron chi connectivity index (χ3n) is 5.50. The number of aryl methyl sites for hydroxylation is 1. The van der Waals surface area contributed by atoms with Gasteiger partial charge >= 0.3 is 0 Å². The second-order valence-corrected chi connectivity index (χ2v) is 7.54. The number of aromatic nitrogens is 5. The molecule has 0 spiro atoms. The van der Waals surface area contributed by atoms with Gasteiger partial charge in [0.25, 0.3) is 5.91 Å². The smallest absolute Gasteiger partial charge is 0.276 e. The van der Waals surface area contributed by atoms with Crippen molar-refractivity contribution in [3.8, 4) is 5.88 Å². The Morgan fingerprint density at radius 3 is 2.80 bits per heavy atom. The van der Waals surface area contributed by atoms with E-state index in [0.29, 0.717) is 31.3 Å². The summed E-state index contributed by atoms with van der Waals surface area (Å²) in [5.41, 5.74) is 2.29. The maximum atomic E-state index is 12.6. The Hall–Kier alpha value is -3.27. The molecule has 1 amide bonds. The second kappa shape index (κ2) is 7.86. The molecule has 1 aromatic carbocycles. The highest BCUT2D eigenvalue weighted by Crippen LogP contribution is 2.29. The van der Waals surface area contributed by atoms with Crippen LogP contribution in [0.2, 0.25) is 0 Å². The first-order valence-electron chi connectivity index (χ1n) is 10.1. The Kier molecular flexibility index (Phi) is 4.91. The zero-order chi connectivity index (χ0) is 20.5. The molecular weight excluding hydrogens is 386 g/mol. The van der Waals surface area contributed by atoms with Gasteiger partial charge < -0.3 is 19.3 Å². The van der Waals surface area contributed by atoms with Gasteiger partial charge in [0.1, 0.15) is 12.4 Å². The average Bonchev–Trinajstić information content (AvgIpc) is 3.45. The topological polar surface area (TPSA) is 98.5 Å². The van der Waals surface area contributed by atoms with Gasteiger partial charge in [-0.3, -0.25) is 9.48 Å². The number of ether oxygens (including phenoxy) is 2. The van der Waals surface area contributed by atoms with Crippen molar-refractivity contribution in [1.29, 1.82) is 0 Å². The van der Waals surface area contributed by atoms with Gasteiger partial charge in [-0.25, -0.2) is 9.97 Å². The third-order valence-corrected chi connectivity index (χ3v) is 5.50. The van der Waals surface area contributed by atoms with E-state index >= 15 is 0 Å². The van der Waals surface area contributed by atoms with E-state index in [2.05, 4.69) is 37.3 Å². The molecule has 10 heteroatoms. The zero-order valence-electron chi connectivity index (χ0n) is 16.8. The molecule has 5 rings (SSSR count). The van der Waals surface area contributed by atoms with E-state index in [1.165, 1.54) is 11.0 Å². The quantitative estimate of drug-likeness (QED) is 0.627. The molecule has 2 aliphatic rings. The van der Waals surface area contributed by atoms with Crippen LogP contribution in [0.5, 0.6) is 5.88 Å². The van der Waals surface area contributed by atoms with Crippen molar-refractivity contribution < 1.29 is 14.3 Å². The fourth-order valence-electron chi connectivity index (χ4n) is 3.85. The number of hydrogen-bond donors (Lipinski definition) is 0. The van der Waals surface area contributed by atoms with Crippen molar-refractivity contribution in [2.45, 2.75) is 12.5 Å². The molecule has 0 radical (unpaired) electrons. The average molecular weight is 409 g/mol. The summed E-state index contributed by atoms with van der Waals surface area (Å²) in [6.45, 7) is 4.03. The lowest BCUT2D eigenvalue weighted by Gasteiger charge is -2.35. The summed E-state index contributed by atoms with van der Waals surface area (Å²) in [5.74, 6) is 0.512. The first kappa shape index (κ1) is 18.7. The van der Waals surface area contributed by atoms with Crippen molar-refractivity contribution in [3.05, 3.63) is 36.4 Å². The number of hydrogen-bond acceptors (Lipinski definition) is 8. The molecule has 2 aliphatic heterocycles. The summed E-state index contributed by atoms with van der Waals surface area (Å²) in [6, 6.07) is 6.11. The second-order valence-electron chi connectivity index (χ2n) is 7.54. The lowest BCUT2D eigenvalue weighted by atomic mass is 10.1. The van der Waals surface area contributed by atoms with Crippen LogP contribution < -0.4 is 9.64 Å². The molecular formula is C20H23N7O3.